The lowest BCUT2D eigenvalue weighted by atomic mass is 10.1. The summed E-state index contributed by atoms with van der Waals surface area (Å²) in [5.41, 5.74) is 2.98. The Hall–Kier alpha value is -2.44. The predicted molar refractivity (Wildman–Crippen MR) is 102 cm³/mol. The Morgan fingerprint density at radius 2 is 1.88 bits per heavy atom. The van der Waals surface area contributed by atoms with E-state index in [1.54, 1.807) is 35.9 Å². The molecule has 6 heteroatoms. The number of hydrogen-bond donors (Lipinski definition) is 2. The van der Waals surface area contributed by atoms with Crippen LogP contribution in [0.25, 0.3) is 21.3 Å². The highest BCUT2D eigenvalue weighted by atomic mass is 79.9. The summed E-state index contributed by atoms with van der Waals surface area (Å²) in [6.07, 6.45) is 1.55. The van der Waals surface area contributed by atoms with Crippen LogP contribution in [-0.4, -0.2) is 15.1 Å². The standard InChI is InChI=1S/C18H12BrN3OS/c19-12-6-4-11(5-7-12)15-9-24-18-16(15)17(20-10-21-18)22-13-2-1-3-14(23)8-13/h1-10,23H,(H,20,21,22). The van der Waals surface area contributed by atoms with Crippen LogP contribution < -0.4 is 5.32 Å². The largest absolute Gasteiger partial charge is 0.508 e. The molecule has 0 fully saturated rings. The number of nitrogens with zero attached hydrogens (tertiary/aromatic N) is 2. The number of nitrogens with one attached hydrogen (secondary N) is 1. The van der Waals surface area contributed by atoms with Crippen LogP contribution >= 0.6 is 27.3 Å². The molecule has 0 aliphatic heterocycles. The summed E-state index contributed by atoms with van der Waals surface area (Å²) < 4.78 is 1.04. The van der Waals surface area contributed by atoms with E-state index in [9.17, 15) is 5.11 Å². The molecule has 0 saturated carbocycles. The number of benzene rings is 2. The molecule has 4 rings (SSSR count). The SMILES string of the molecule is Oc1cccc(Nc2ncnc3scc(-c4ccc(Br)cc4)c23)c1. The van der Waals surface area contributed by atoms with Gasteiger partial charge in [-0.2, -0.15) is 0 Å². The molecule has 0 spiro atoms. The van der Waals surface area contributed by atoms with Crippen molar-refractivity contribution in [2.75, 3.05) is 5.32 Å². The fraction of sp³-hybridized carbons (Fsp3) is 0. The fourth-order valence-corrected chi connectivity index (χ4v) is 3.71. The van der Waals surface area contributed by atoms with Gasteiger partial charge in [-0.25, -0.2) is 9.97 Å². The molecule has 0 bridgehead atoms. The van der Waals surface area contributed by atoms with Crippen molar-refractivity contribution in [3.05, 3.63) is 64.7 Å². The van der Waals surface area contributed by atoms with Gasteiger partial charge in [-0.15, -0.1) is 11.3 Å². The average Bonchev–Trinajstić information content (AvgIpc) is 3.01. The number of rotatable bonds is 3. The quantitative estimate of drug-likeness (QED) is 0.474. The third-order valence-electron chi connectivity index (χ3n) is 3.63. The molecule has 4 aromatic rings. The van der Waals surface area contributed by atoms with Crippen molar-refractivity contribution in [1.29, 1.82) is 0 Å². The van der Waals surface area contributed by atoms with Crippen LogP contribution in [0.15, 0.2) is 64.7 Å². The second-order valence-electron chi connectivity index (χ2n) is 5.23. The van der Waals surface area contributed by atoms with Crippen LogP contribution in [0.3, 0.4) is 0 Å². The van der Waals surface area contributed by atoms with Gasteiger partial charge in [0.1, 0.15) is 22.7 Å². The molecule has 2 N–H and O–H groups in total. The zero-order valence-corrected chi connectivity index (χ0v) is 14.8. The maximum absolute atomic E-state index is 9.65. The lowest BCUT2D eigenvalue weighted by Crippen LogP contribution is -1.95. The van der Waals surface area contributed by atoms with Crippen LogP contribution in [0, 0.1) is 0 Å². The first kappa shape index (κ1) is 15.1. The van der Waals surface area contributed by atoms with Crippen LogP contribution in [-0.2, 0) is 0 Å². The van der Waals surface area contributed by atoms with E-state index < -0.39 is 0 Å². The van der Waals surface area contributed by atoms with Crippen molar-refractivity contribution in [3.8, 4) is 16.9 Å². The number of hydrogen-bond acceptors (Lipinski definition) is 5. The third kappa shape index (κ3) is 2.86. The monoisotopic (exact) mass is 397 g/mol. The Morgan fingerprint density at radius 1 is 1.04 bits per heavy atom. The van der Waals surface area contributed by atoms with E-state index in [0.717, 1.165) is 37.3 Å². The van der Waals surface area contributed by atoms with Crippen LogP contribution in [0.2, 0.25) is 0 Å². The van der Waals surface area contributed by atoms with Crippen molar-refractivity contribution in [2.45, 2.75) is 0 Å². The molecule has 2 aromatic carbocycles. The second kappa shape index (κ2) is 6.22. The highest BCUT2D eigenvalue weighted by Crippen LogP contribution is 2.37. The number of phenols is 1. The van der Waals surface area contributed by atoms with Gasteiger partial charge >= 0.3 is 0 Å². The Bertz CT molecular complexity index is 1010. The number of fused-ring (bicyclic) bond motifs is 1. The van der Waals surface area contributed by atoms with Gasteiger partial charge in [-0.05, 0) is 29.8 Å². The first-order chi connectivity index (χ1) is 11.7. The molecule has 0 unspecified atom stereocenters. The average molecular weight is 398 g/mol. The Labute approximate surface area is 151 Å². The summed E-state index contributed by atoms with van der Waals surface area (Å²) in [5.74, 6) is 0.938. The number of halogens is 1. The molecular weight excluding hydrogens is 386 g/mol. The first-order valence-electron chi connectivity index (χ1n) is 7.25. The molecule has 0 amide bonds. The zero-order valence-electron chi connectivity index (χ0n) is 12.4. The highest BCUT2D eigenvalue weighted by molar-refractivity contribution is 9.10. The lowest BCUT2D eigenvalue weighted by Gasteiger charge is -2.09. The molecule has 4 nitrogen and oxygen atoms in total. The molecule has 2 heterocycles. The van der Waals surface area contributed by atoms with Crippen molar-refractivity contribution >= 4 is 49.0 Å². The molecule has 0 aliphatic carbocycles. The van der Waals surface area contributed by atoms with Gasteiger partial charge < -0.3 is 10.4 Å². The highest BCUT2D eigenvalue weighted by Gasteiger charge is 2.13. The Balaban J connectivity index is 1.84. The van der Waals surface area contributed by atoms with Gasteiger partial charge in [0.25, 0.3) is 0 Å². The summed E-state index contributed by atoms with van der Waals surface area (Å²) in [6, 6.07) is 15.2. The smallest absolute Gasteiger partial charge is 0.143 e. The normalized spacial score (nSPS) is 10.9. The van der Waals surface area contributed by atoms with Gasteiger partial charge in [0.2, 0.25) is 0 Å². The van der Waals surface area contributed by atoms with Gasteiger partial charge in [0.05, 0.1) is 5.39 Å². The summed E-state index contributed by atoms with van der Waals surface area (Å²) in [4.78, 5) is 9.70. The molecule has 0 aliphatic rings. The van der Waals surface area contributed by atoms with E-state index in [1.807, 2.05) is 18.2 Å². The van der Waals surface area contributed by atoms with E-state index >= 15 is 0 Å². The number of aromatic hydroxyl groups is 1. The minimum atomic E-state index is 0.212. The van der Waals surface area contributed by atoms with Crippen LogP contribution in [0.5, 0.6) is 5.75 Å². The molecule has 0 radical (unpaired) electrons. The zero-order chi connectivity index (χ0) is 16.5. The minimum Gasteiger partial charge on any atom is -0.508 e. The summed E-state index contributed by atoms with van der Waals surface area (Å²) >= 11 is 5.05. The summed E-state index contributed by atoms with van der Waals surface area (Å²) in [6.45, 7) is 0. The molecule has 0 atom stereocenters. The Morgan fingerprint density at radius 3 is 2.67 bits per heavy atom. The van der Waals surface area contributed by atoms with E-state index in [0.29, 0.717) is 0 Å². The van der Waals surface area contributed by atoms with Crippen molar-refractivity contribution in [2.24, 2.45) is 0 Å². The maximum Gasteiger partial charge on any atom is 0.143 e. The van der Waals surface area contributed by atoms with Gasteiger partial charge in [-0.3, -0.25) is 0 Å². The number of anilines is 2. The second-order valence-corrected chi connectivity index (χ2v) is 7.01. The number of aromatic nitrogens is 2. The van der Waals surface area contributed by atoms with E-state index in [2.05, 4.69) is 48.7 Å². The van der Waals surface area contributed by atoms with E-state index in [1.165, 1.54) is 0 Å². The lowest BCUT2D eigenvalue weighted by molar-refractivity contribution is 0.475. The van der Waals surface area contributed by atoms with Gasteiger partial charge in [0, 0.05) is 27.2 Å². The topological polar surface area (TPSA) is 58.0 Å². The summed E-state index contributed by atoms with van der Waals surface area (Å²) in [5, 5.41) is 16.0. The molecular formula is C18H12BrN3OS. The Kier molecular flexibility index (Phi) is 3.92. The van der Waals surface area contributed by atoms with Gasteiger partial charge in [-0.1, -0.05) is 34.1 Å². The first-order valence-corrected chi connectivity index (χ1v) is 8.92. The molecule has 118 valence electrons. The van der Waals surface area contributed by atoms with Crippen molar-refractivity contribution < 1.29 is 5.11 Å². The minimum absolute atomic E-state index is 0.212. The predicted octanol–water partition coefficient (Wildman–Crippen LogP) is 5.57. The van der Waals surface area contributed by atoms with Crippen LogP contribution in [0.4, 0.5) is 11.5 Å². The maximum atomic E-state index is 9.65. The third-order valence-corrected chi connectivity index (χ3v) is 5.05. The molecule has 0 saturated heterocycles. The van der Waals surface area contributed by atoms with Crippen molar-refractivity contribution in [3.63, 3.8) is 0 Å². The van der Waals surface area contributed by atoms with Crippen molar-refractivity contribution in [1.82, 2.24) is 9.97 Å². The molecule has 2 aromatic heterocycles. The fourth-order valence-electron chi connectivity index (χ4n) is 2.53. The van der Waals surface area contributed by atoms with Gasteiger partial charge in [0.15, 0.2) is 0 Å². The van der Waals surface area contributed by atoms with E-state index in [-0.39, 0.29) is 5.75 Å². The van der Waals surface area contributed by atoms with E-state index in [4.69, 9.17) is 0 Å². The summed E-state index contributed by atoms with van der Waals surface area (Å²) in [7, 11) is 0. The van der Waals surface area contributed by atoms with Crippen LogP contribution in [0.1, 0.15) is 0 Å². The number of phenolic OH excluding ortho intramolecular Hbond substituents is 1. The molecule has 24 heavy (non-hydrogen) atoms. The number of thiophene rings is 1.